The Morgan fingerprint density at radius 3 is 2.93 bits per heavy atom. The molecule has 3 rings (SSSR count). The third kappa shape index (κ3) is 5.44. The van der Waals surface area contributed by atoms with Crippen LogP contribution in [0.1, 0.15) is 29.2 Å². The van der Waals surface area contributed by atoms with Gasteiger partial charge in [-0.25, -0.2) is 9.78 Å². The van der Waals surface area contributed by atoms with Crippen molar-refractivity contribution in [3.05, 3.63) is 28.8 Å². The van der Waals surface area contributed by atoms with Crippen LogP contribution in [0.25, 0.3) is 0 Å². The number of aromatic nitrogens is 1. The van der Waals surface area contributed by atoms with Gasteiger partial charge in [0.2, 0.25) is 0 Å². The average molecular weight is 419 g/mol. The number of nitrogens with zero attached hydrogens (tertiary/aromatic N) is 1. The number of carbonyl (C=O) groups excluding carboxylic acids is 3. The van der Waals surface area contributed by atoms with E-state index in [1.165, 1.54) is 0 Å². The molecule has 0 radical (unpaired) electrons. The van der Waals surface area contributed by atoms with Crippen molar-refractivity contribution >= 4 is 39.9 Å². The Morgan fingerprint density at radius 2 is 2.17 bits per heavy atom. The number of ether oxygens (including phenoxy) is 3. The molecule has 9 nitrogen and oxygen atoms in total. The maximum Gasteiger partial charge on any atom is 0.350 e. The minimum Gasteiger partial charge on any atom is -0.484 e. The van der Waals surface area contributed by atoms with Crippen molar-refractivity contribution in [3.63, 3.8) is 0 Å². The Bertz CT molecular complexity index is 940. The highest BCUT2D eigenvalue weighted by molar-refractivity contribution is 7.17. The molecule has 29 heavy (non-hydrogen) atoms. The predicted molar refractivity (Wildman–Crippen MR) is 107 cm³/mol. The second-order valence-electron chi connectivity index (χ2n) is 6.76. The zero-order valence-corrected chi connectivity index (χ0v) is 17.1. The van der Waals surface area contributed by atoms with Crippen molar-refractivity contribution in [2.24, 2.45) is 5.92 Å². The van der Waals surface area contributed by atoms with Gasteiger partial charge in [0, 0.05) is 6.07 Å². The SMILES string of the molecule is Cc1nc(NC(=O)COc2ccc3c(c2)NC(=O)CO3)sc1C(=O)OCC(C)C. The van der Waals surface area contributed by atoms with Crippen LogP contribution < -0.4 is 20.1 Å². The lowest BCUT2D eigenvalue weighted by Crippen LogP contribution is -2.25. The fourth-order valence-electron chi connectivity index (χ4n) is 2.40. The summed E-state index contributed by atoms with van der Waals surface area (Å²) in [4.78, 5) is 40.2. The highest BCUT2D eigenvalue weighted by Crippen LogP contribution is 2.31. The molecule has 2 N–H and O–H groups in total. The number of hydrogen-bond acceptors (Lipinski definition) is 8. The molecule has 2 aromatic rings. The number of esters is 1. The topological polar surface area (TPSA) is 116 Å². The summed E-state index contributed by atoms with van der Waals surface area (Å²) in [5.41, 5.74) is 0.977. The highest BCUT2D eigenvalue weighted by atomic mass is 32.1. The van der Waals surface area contributed by atoms with E-state index >= 15 is 0 Å². The predicted octanol–water partition coefficient (Wildman–Crippen LogP) is 2.61. The minimum absolute atomic E-state index is 0.0319. The van der Waals surface area contributed by atoms with Gasteiger partial charge in [0.1, 0.15) is 16.4 Å². The molecule has 1 aliphatic rings. The van der Waals surface area contributed by atoms with Crippen LogP contribution in [0.5, 0.6) is 11.5 Å². The van der Waals surface area contributed by atoms with E-state index in [-0.39, 0.29) is 25.0 Å². The maximum absolute atomic E-state index is 12.2. The summed E-state index contributed by atoms with van der Waals surface area (Å²) in [5, 5.41) is 5.56. The number of nitrogens with one attached hydrogen (secondary N) is 2. The summed E-state index contributed by atoms with van der Waals surface area (Å²) in [6.45, 7) is 5.59. The number of benzene rings is 1. The molecule has 0 saturated carbocycles. The van der Waals surface area contributed by atoms with Crippen molar-refractivity contribution in [3.8, 4) is 11.5 Å². The molecule has 1 aliphatic heterocycles. The molecule has 1 aromatic heterocycles. The van der Waals surface area contributed by atoms with Gasteiger partial charge in [-0.15, -0.1) is 0 Å². The van der Waals surface area contributed by atoms with Gasteiger partial charge in [0.15, 0.2) is 18.3 Å². The second kappa shape index (κ2) is 8.91. The lowest BCUT2D eigenvalue weighted by atomic mass is 10.2. The smallest absolute Gasteiger partial charge is 0.350 e. The van der Waals surface area contributed by atoms with Crippen LogP contribution in [-0.4, -0.2) is 42.6 Å². The Kier molecular flexibility index (Phi) is 6.32. The molecule has 0 saturated heterocycles. The van der Waals surface area contributed by atoms with E-state index in [4.69, 9.17) is 14.2 Å². The molecule has 154 valence electrons. The second-order valence-corrected chi connectivity index (χ2v) is 7.76. The van der Waals surface area contributed by atoms with E-state index in [0.717, 1.165) is 11.3 Å². The third-order valence-corrected chi connectivity index (χ3v) is 4.78. The number of amides is 2. The molecule has 0 aliphatic carbocycles. The van der Waals surface area contributed by atoms with Crippen LogP contribution in [-0.2, 0) is 14.3 Å². The normalized spacial score (nSPS) is 12.6. The third-order valence-electron chi connectivity index (χ3n) is 3.73. The summed E-state index contributed by atoms with van der Waals surface area (Å²) in [6, 6.07) is 4.87. The van der Waals surface area contributed by atoms with Crippen LogP contribution in [0.3, 0.4) is 0 Å². The number of thiazole rings is 1. The van der Waals surface area contributed by atoms with Gasteiger partial charge in [-0.05, 0) is 25.0 Å². The van der Waals surface area contributed by atoms with Crippen molar-refractivity contribution in [1.82, 2.24) is 4.98 Å². The first kappa shape index (κ1) is 20.6. The van der Waals surface area contributed by atoms with Crippen molar-refractivity contribution in [2.45, 2.75) is 20.8 Å². The lowest BCUT2D eigenvalue weighted by Gasteiger charge is -2.18. The fourth-order valence-corrected chi connectivity index (χ4v) is 3.28. The van der Waals surface area contributed by atoms with Crippen molar-refractivity contribution in [2.75, 3.05) is 30.5 Å². The van der Waals surface area contributed by atoms with E-state index in [9.17, 15) is 14.4 Å². The Balaban J connectivity index is 1.55. The largest absolute Gasteiger partial charge is 0.484 e. The molecule has 10 heteroatoms. The summed E-state index contributed by atoms with van der Waals surface area (Å²) in [5.74, 6) is 0.0263. The van der Waals surface area contributed by atoms with E-state index in [1.54, 1.807) is 25.1 Å². The molecule has 0 unspecified atom stereocenters. The van der Waals surface area contributed by atoms with Gasteiger partial charge in [0.25, 0.3) is 11.8 Å². The van der Waals surface area contributed by atoms with Crippen molar-refractivity contribution < 1.29 is 28.6 Å². The van der Waals surface area contributed by atoms with Gasteiger partial charge in [-0.3, -0.25) is 14.9 Å². The first-order valence-corrected chi connectivity index (χ1v) is 9.77. The van der Waals surface area contributed by atoms with Gasteiger partial charge in [-0.2, -0.15) is 0 Å². The van der Waals surface area contributed by atoms with E-state index < -0.39 is 11.9 Å². The van der Waals surface area contributed by atoms with E-state index in [2.05, 4.69) is 15.6 Å². The lowest BCUT2D eigenvalue weighted by molar-refractivity contribution is -0.119. The van der Waals surface area contributed by atoms with E-state index in [1.807, 2.05) is 13.8 Å². The molecule has 0 bridgehead atoms. The number of fused-ring (bicyclic) bond motifs is 1. The molecular formula is C19H21N3O6S. The Morgan fingerprint density at radius 1 is 1.38 bits per heavy atom. The van der Waals surface area contributed by atoms with Gasteiger partial charge in [0.05, 0.1) is 18.0 Å². The standard InChI is InChI=1S/C19H21N3O6S/c1-10(2)7-28-18(25)17-11(3)20-19(29-17)22-16(24)8-26-12-4-5-14-13(6-12)21-15(23)9-27-14/h4-6,10H,7-9H2,1-3H3,(H,21,23)(H,20,22,24). The first-order valence-electron chi connectivity index (χ1n) is 8.95. The molecular weight excluding hydrogens is 398 g/mol. The van der Waals surface area contributed by atoms with Gasteiger partial charge in [-0.1, -0.05) is 25.2 Å². The minimum atomic E-state index is -0.455. The molecule has 0 fully saturated rings. The number of anilines is 2. The average Bonchev–Trinajstić information content (AvgIpc) is 3.04. The van der Waals surface area contributed by atoms with Crippen molar-refractivity contribution in [1.29, 1.82) is 0 Å². The van der Waals surface area contributed by atoms with Crippen LogP contribution in [0.2, 0.25) is 0 Å². The molecule has 1 aromatic carbocycles. The van der Waals surface area contributed by atoms with E-state index in [0.29, 0.717) is 39.5 Å². The molecule has 0 atom stereocenters. The maximum atomic E-state index is 12.2. The summed E-state index contributed by atoms with van der Waals surface area (Å²) in [6.07, 6.45) is 0. The van der Waals surface area contributed by atoms with Gasteiger partial charge < -0.3 is 19.5 Å². The zero-order chi connectivity index (χ0) is 21.0. The molecule has 0 spiro atoms. The summed E-state index contributed by atoms with van der Waals surface area (Å²) in [7, 11) is 0. The Hall–Kier alpha value is -3.14. The summed E-state index contributed by atoms with van der Waals surface area (Å²) >= 11 is 1.05. The number of rotatable bonds is 7. The molecule has 2 heterocycles. The number of hydrogen-bond donors (Lipinski definition) is 2. The van der Waals surface area contributed by atoms with Crippen LogP contribution >= 0.6 is 11.3 Å². The zero-order valence-electron chi connectivity index (χ0n) is 16.2. The quantitative estimate of drug-likeness (QED) is 0.663. The number of carbonyl (C=O) groups is 3. The Labute approximate surface area is 171 Å². The summed E-state index contributed by atoms with van der Waals surface area (Å²) < 4.78 is 15.9. The highest BCUT2D eigenvalue weighted by Gasteiger charge is 2.19. The van der Waals surface area contributed by atoms with Crippen LogP contribution in [0.4, 0.5) is 10.8 Å². The number of aryl methyl sites for hydroxylation is 1. The monoisotopic (exact) mass is 419 g/mol. The van der Waals surface area contributed by atoms with Gasteiger partial charge >= 0.3 is 5.97 Å². The molecule has 2 amide bonds. The van der Waals surface area contributed by atoms with Crippen LogP contribution in [0, 0.1) is 12.8 Å². The fraction of sp³-hybridized carbons (Fsp3) is 0.368. The van der Waals surface area contributed by atoms with Crippen LogP contribution in [0.15, 0.2) is 18.2 Å². The first-order chi connectivity index (χ1) is 13.8.